The lowest BCUT2D eigenvalue weighted by Crippen LogP contribution is -2.29. The monoisotopic (exact) mass is 441 g/mol. The Kier molecular flexibility index (Phi) is 6.59. The number of anilines is 1. The number of nitro groups is 1. The number of benzene rings is 1. The Labute approximate surface area is 185 Å². The van der Waals surface area contributed by atoms with Crippen molar-refractivity contribution in [3.05, 3.63) is 62.0 Å². The summed E-state index contributed by atoms with van der Waals surface area (Å²) in [5.41, 5.74) is 7.90. The molecule has 0 fully saturated rings. The number of amides is 2. The molecule has 0 saturated carbocycles. The van der Waals surface area contributed by atoms with Gasteiger partial charge in [0.25, 0.3) is 11.6 Å². The summed E-state index contributed by atoms with van der Waals surface area (Å²) in [6, 6.07) is 5.89. The summed E-state index contributed by atoms with van der Waals surface area (Å²) < 4.78 is 0. The third kappa shape index (κ3) is 5.02. The number of nitrogens with one attached hydrogen (secondary N) is 1. The van der Waals surface area contributed by atoms with Crippen LogP contribution >= 0.6 is 11.3 Å². The zero-order valence-corrected chi connectivity index (χ0v) is 18.8. The second-order valence-corrected chi connectivity index (χ2v) is 9.63. The van der Waals surface area contributed by atoms with Gasteiger partial charge in [-0.1, -0.05) is 27.2 Å². The van der Waals surface area contributed by atoms with Gasteiger partial charge in [-0.05, 0) is 59.9 Å². The van der Waals surface area contributed by atoms with Crippen molar-refractivity contribution >= 4 is 39.9 Å². The molecule has 1 aliphatic carbocycles. The first kappa shape index (κ1) is 22.7. The lowest BCUT2D eigenvalue weighted by Gasteiger charge is -2.36. The van der Waals surface area contributed by atoms with Crippen LogP contribution in [0.25, 0.3) is 6.08 Å². The van der Waals surface area contributed by atoms with Crippen LogP contribution in [-0.4, -0.2) is 16.7 Å². The third-order valence-corrected chi connectivity index (χ3v) is 7.47. The maximum atomic E-state index is 12.5. The van der Waals surface area contributed by atoms with Crippen LogP contribution in [0.15, 0.2) is 30.3 Å². The van der Waals surface area contributed by atoms with Gasteiger partial charge in [0.15, 0.2) is 0 Å². The van der Waals surface area contributed by atoms with Crippen molar-refractivity contribution in [2.45, 2.75) is 46.5 Å². The molecule has 1 heterocycles. The fraction of sp³-hybridized carbons (Fsp3) is 0.391. The molecule has 0 bridgehead atoms. The molecule has 31 heavy (non-hydrogen) atoms. The molecule has 0 saturated heterocycles. The van der Waals surface area contributed by atoms with E-state index in [1.165, 1.54) is 29.5 Å². The average molecular weight is 442 g/mol. The maximum absolute atomic E-state index is 12.5. The number of primary amides is 1. The predicted octanol–water partition coefficient (Wildman–Crippen LogP) is 4.95. The molecule has 0 aliphatic heterocycles. The van der Waals surface area contributed by atoms with E-state index in [0.29, 0.717) is 22.0 Å². The van der Waals surface area contributed by atoms with Crippen molar-refractivity contribution in [3.8, 4) is 0 Å². The molecular weight excluding hydrogens is 414 g/mol. The zero-order valence-electron chi connectivity index (χ0n) is 17.9. The largest absolute Gasteiger partial charge is 0.365 e. The summed E-state index contributed by atoms with van der Waals surface area (Å²) in [4.78, 5) is 36.0. The van der Waals surface area contributed by atoms with Gasteiger partial charge in [-0.3, -0.25) is 19.7 Å². The second kappa shape index (κ2) is 9.01. The van der Waals surface area contributed by atoms with Crippen LogP contribution in [0.1, 0.15) is 60.0 Å². The highest BCUT2D eigenvalue weighted by atomic mass is 32.1. The van der Waals surface area contributed by atoms with Crippen LogP contribution in [0.3, 0.4) is 0 Å². The standard InChI is InChI=1S/C23H27N3O4S/c1-4-23(2,3)15-8-11-17-18(13-15)31-22(20(17)21(24)28)25-19(27)12-7-14-5-9-16(10-6-14)26(29)30/h5-7,9-10,12,15H,4,8,11,13H2,1-3H3,(H2,24,28)(H,25,27)/b12-7+. The van der Waals surface area contributed by atoms with Crippen molar-refractivity contribution < 1.29 is 14.5 Å². The quantitative estimate of drug-likeness (QED) is 0.359. The second-order valence-electron chi connectivity index (χ2n) is 8.53. The summed E-state index contributed by atoms with van der Waals surface area (Å²) in [5, 5.41) is 14.0. The number of hydrogen-bond donors (Lipinski definition) is 2. The Morgan fingerprint density at radius 1 is 1.32 bits per heavy atom. The molecular formula is C23H27N3O4S. The lowest BCUT2D eigenvalue weighted by molar-refractivity contribution is -0.384. The summed E-state index contributed by atoms with van der Waals surface area (Å²) >= 11 is 1.43. The van der Waals surface area contributed by atoms with E-state index >= 15 is 0 Å². The normalized spacial score (nSPS) is 16.2. The highest BCUT2D eigenvalue weighted by molar-refractivity contribution is 7.17. The number of hydrogen-bond acceptors (Lipinski definition) is 5. The molecule has 7 nitrogen and oxygen atoms in total. The number of nitrogens with two attached hydrogens (primary N) is 1. The summed E-state index contributed by atoms with van der Waals surface area (Å²) in [6.07, 6.45) is 6.66. The van der Waals surface area contributed by atoms with E-state index in [-0.39, 0.29) is 17.0 Å². The number of thiophene rings is 1. The highest BCUT2D eigenvalue weighted by Gasteiger charge is 2.34. The van der Waals surface area contributed by atoms with Gasteiger partial charge in [0, 0.05) is 23.1 Å². The molecule has 3 N–H and O–H groups in total. The first-order valence-electron chi connectivity index (χ1n) is 10.3. The van der Waals surface area contributed by atoms with E-state index in [1.807, 2.05) is 0 Å². The number of fused-ring (bicyclic) bond motifs is 1. The van der Waals surface area contributed by atoms with Gasteiger partial charge in [-0.2, -0.15) is 0 Å². The van der Waals surface area contributed by atoms with Crippen LogP contribution in [0.4, 0.5) is 10.7 Å². The molecule has 1 aromatic carbocycles. The molecule has 1 aliphatic rings. The molecule has 164 valence electrons. The maximum Gasteiger partial charge on any atom is 0.269 e. The van der Waals surface area contributed by atoms with Crippen molar-refractivity contribution in [2.75, 3.05) is 5.32 Å². The fourth-order valence-electron chi connectivity index (χ4n) is 3.92. The Morgan fingerprint density at radius 3 is 2.58 bits per heavy atom. The molecule has 1 unspecified atom stereocenters. The van der Waals surface area contributed by atoms with E-state index in [2.05, 4.69) is 26.1 Å². The highest BCUT2D eigenvalue weighted by Crippen LogP contribution is 2.45. The van der Waals surface area contributed by atoms with Crippen molar-refractivity contribution in [3.63, 3.8) is 0 Å². The smallest absolute Gasteiger partial charge is 0.269 e. The van der Waals surface area contributed by atoms with Crippen molar-refractivity contribution in [2.24, 2.45) is 17.1 Å². The van der Waals surface area contributed by atoms with Gasteiger partial charge in [0.1, 0.15) is 5.00 Å². The van der Waals surface area contributed by atoms with Gasteiger partial charge in [0.2, 0.25) is 5.91 Å². The molecule has 2 aromatic rings. The van der Waals surface area contributed by atoms with Crippen LogP contribution < -0.4 is 11.1 Å². The van der Waals surface area contributed by atoms with Crippen LogP contribution in [0, 0.1) is 21.4 Å². The van der Waals surface area contributed by atoms with Crippen LogP contribution in [-0.2, 0) is 17.6 Å². The summed E-state index contributed by atoms with van der Waals surface area (Å²) in [5.74, 6) is -0.389. The number of nitro benzene ring substituents is 1. The van der Waals surface area contributed by atoms with Gasteiger partial charge >= 0.3 is 0 Å². The first-order valence-corrected chi connectivity index (χ1v) is 11.1. The molecule has 0 spiro atoms. The minimum Gasteiger partial charge on any atom is -0.365 e. The first-order chi connectivity index (χ1) is 14.6. The van der Waals surface area contributed by atoms with Gasteiger partial charge in [-0.25, -0.2) is 0 Å². The Bertz CT molecular complexity index is 1040. The number of carbonyl (C=O) groups excluding carboxylic acids is 2. The predicted molar refractivity (Wildman–Crippen MR) is 123 cm³/mol. The molecule has 3 rings (SSSR count). The summed E-state index contributed by atoms with van der Waals surface area (Å²) in [7, 11) is 0. The number of non-ortho nitro benzene ring substituents is 1. The van der Waals surface area contributed by atoms with Gasteiger partial charge < -0.3 is 11.1 Å². The van der Waals surface area contributed by atoms with E-state index in [1.54, 1.807) is 18.2 Å². The van der Waals surface area contributed by atoms with E-state index in [9.17, 15) is 19.7 Å². The van der Waals surface area contributed by atoms with E-state index in [0.717, 1.165) is 36.1 Å². The molecule has 0 radical (unpaired) electrons. The van der Waals surface area contributed by atoms with Gasteiger partial charge in [0.05, 0.1) is 10.5 Å². The Balaban J connectivity index is 1.77. The minimum atomic E-state index is -0.527. The zero-order chi connectivity index (χ0) is 22.8. The SMILES string of the molecule is CCC(C)(C)C1CCc2c(sc(NC(=O)/C=C/c3ccc([N+](=O)[O-])cc3)c2C(N)=O)C1. The van der Waals surface area contributed by atoms with Crippen molar-refractivity contribution in [1.82, 2.24) is 0 Å². The van der Waals surface area contributed by atoms with Gasteiger partial charge in [-0.15, -0.1) is 11.3 Å². The minimum absolute atomic E-state index is 0.0126. The topological polar surface area (TPSA) is 115 Å². The number of rotatable bonds is 7. The molecule has 1 aromatic heterocycles. The number of nitrogens with zero attached hydrogens (tertiary/aromatic N) is 1. The number of carbonyl (C=O) groups is 2. The fourth-order valence-corrected chi connectivity index (χ4v) is 5.26. The van der Waals surface area contributed by atoms with Crippen molar-refractivity contribution in [1.29, 1.82) is 0 Å². The Hall–Kier alpha value is -3.00. The summed E-state index contributed by atoms with van der Waals surface area (Å²) in [6.45, 7) is 6.75. The lowest BCUT2D eigenvalue weighted by atomic mass is 9.69. The molecule has 2 amide bonds. The van der Waals surface area contributed by atoms with E-state index < -0.39 is 10.8 Å². The Morgan fingerprint density at radius 2 is 2.00 bits per heavy atom. The average Bonchev–Trinajstić information content (AvgIpc) is 3.09. The third-order valence-electron chi connectivity index (χ3n) is 6.30. The van der Waals surface area contributed by atoms with Crippen LogP contribution in [0.2, 0.25) is 0 Å². The van der Waals surface area contributed by atoms with Crippen LogP contribution in [0.5, 0.6) is 0 Å². The molecule has 8 heteroatoms. The van der Waals surface area contributed by atoms with E-state index in [4.69, 9.17) is 5.73 Å². The molecule has 1 atom stereocenters.